The van der Waals surface area contributed by atoms with Gasteiger partial charge in [-0.15, -0.1) is 24.0 Å². The van der Waals surface area contributed by atoms with Gasteiger partial charge in [0, 0.05) is 56.9 Å². The number of H-pyrrole nitrogens is 1. The second kappa shape index (κ2) is 11.6. The normalized spacial score (nSPS) is 16.6. The number of rotatable bonds is 7. The van der Waals surface area contributed by atoms with Crippen LogP contribution in [-0.2, 0) is 11.2 Å². The molecule has 3 rings (SSSR count). The molecule has 1 aliphatic rings. The highest BCUT2D eigenvalue weighted by atomic mass is 127. The average Bonchev–Trinajstić information content (AvgIpc) is 3.10. The molecule has 0 saturated carbocycles. The smallest absolute Gasteiger partial charge is 0.190 e. The Morgan fingerprint density at radius 1 is 1.29 bits per heavy atom. The van der Waals surface area contributed by atoms with E-state index in [4.69, 9.17) is 4.74 Å². The summed E-state index contributed by atoms with van der Waals surface area (Å²) in [6.45, 7) is 11.1. The molecule has 0 bridgehead atoms. The molecule has 0 amide bonds. The fourth-order valence-corrected chi connectivity index (χ4v) is 3.74. The average molecular weight is 499 g/mol. The van der Waals surface area contributed by atoms with E-state index in [0.29, 0.717) is 5.92 Å². The Balaban J connectivity index is 0.00000280. The van der Waals surface area contributed by atoms with Crippen LogP contribution in [0, 0.1) is 12.8 Å². The molecule has 156 valence electrons. The lowest BCUT2D eigenvalue weighted by molar-refractivity contribution is 0.0320. The summed E-state index contributed by atoms with van der Waals surface area (Å²) in [6, 6.07) is 6.40. The van der Waals surface area contributed by atoms with Crippen LogP contribution < -0.4 is 10.6 Å². The molecular weight excluding hydrogens is 465 g/mol. The second-order valence-electron chi connectivity index (χ2n) is 7.46. The maximum Gasteiger partial charge on any atom is 0.190 e. The molecule has 1 aromatic heterocycles. The molecule has 0 aliphatic carbocycles. The first-order valence-electron chi connectivity index (χ1n) is 9.97. The van der Waals surface area contributed by atoms with Crippen molar-refractivity contribution >= 4 is 40.8 Å². The molecule has 1 aromatic carbocycles. The number of guanidine groups is 1. The van der Waals surface area contributed by atoms with Crippen molar-refractivity contribution in [1.29, 1.82) is 0 Å². The number of nitrogens with zero attached hydrogens (tertiary/aromatic N) is 2. The third-order valence-corrected chi connectivity index (χ3v) is 5.20. The Hall–Kier alpha value is -1.32. The molecule has 1 saturated heterocycles. The molecule has 3 N–H and O–H groups in total. The predicted molar refractivity (Wildman–Crippen MR) is 128 cm³/mol. The molecule has 1 unspecified atom stereocenters. The molecular formula is C21H34IN5O. The number of aryl methyl sites for hydroxylation is 1. The van der Waals surface area contributed by atoms with E-state index in [1.54, 1.807) is 0 Å². The lowest BCUT2D eigenvalue weighted by Crippen LogP contribution is -2.44. The summed E-state index contributed by atoms with van der Waals surface area (Å²) < 4.78 is 5.42. The zero-order chi connectivity index (χ0) is 19.1. The highest BCUT2D eigenvalue weighted by Gasteiger charge is 2.14. The number of aromatic nitrogens is 1. The molecule has 2 aromatic rings. The summed E-state index contributed by atoms with van der Waals surface area (Å²) in [4.78, 5) is 10.2. The number of hydrogen-bond donors (Lipinski definition) is 3. The van der Waals surface area contributed by atoms with Crippen molar-refractivity contribution in [2.45, 2.75) is 20.3 Å². The minimum absolute atomic E-state index is 0. The number of ether oxygens (including phenoxy) is 1. The van der Waals surface area contributed by atoms with Gasteiger partial charge in [-0.2, -0.15) is 0 Å². The third-order valence-electron chi connectivity index (χ3n) is 5.20. The van der Waals surface area contributed by atoms with E-state index in [9.17, 15) is 0 Å². The Kier molecular flexibility index (Phi) is 9.53. The van der Waals surface area contributed by atoms with Crippen molar-refractivity contribution in [3.8, 4) is 0 Å². The standard InChI is InChI=1S/C21H33N5O.HI/c1-16(15-26-9-11-27-12-10-26)13-25-21(22-3)23-8-7-18-14-24-19-6-4-5-17(2)20(18)19;/h4-6,14,16,24H,7-13,15H2,1-3H3,(H2,22,23,25);1H. The molecule has 6 nitrogen and oxygen atoms in total. The van der Waals surface area contributed by atoms with Gasteiger partial charge in [-0.25, -0.2) is 0 Å². The molecule has 2 heterocycles. The van der Waals surface area contributed by atoms with E-state index in [1.807, 2.05) is 7.05 Å². The number of aromatic amines is 1. The maximum atomic E-state index is 5.42. The van der Waals surface area contributed by atoms with Gasteiger partial charge in [-0.05, 0) is 36.5 Å². The Morgan fingerprint density at radius 2 is 2.07 bits per heavy atom. The molecule has 1 aliphatic heterocycles. The number of morpholine rings is 1. The van der Waals surface area contributed by atoms with Crippen molar-refractivity contribution in [3.05, 3.63) is 35.5 Å². The van der Waals surface area contributed by atoms with Crippen LogP contribution in [-0.4, -0.2) is 68.8 Å². The van der Waals surface area contributed by atoms with E-state index in [1.165, 1.54) is 22.0 Å². The summed E-state index contributed by atoms with van der Waals surface area (Å²) >= 11 is 0. The Labute approximate surface area is 185 Å². The van der Waals surface area contributed by atoms with E-state index in [2.05, 4.69) is 63.8 Å². The van der Waals surface area contributed by atoms with Crippen LogP contribution in [0.25, 0.3) is 10.9 Å². The van der Waals surface area contributed by atoms with E-state index in [0.717, 1.165) is 58.3 Å². The Morgan fingerprint density at radius 3 is 2.82 bits per heavy atom. The van der Waals surface area contributed by atoms with Crippen LogP contribution in [0.5, 0.6) is 0 Å². The van der Waals surface area contributed by atoms with Gasteiger partial charge >= 0.3 is 0 Å². The molecule has 7 heteroatoms. The number of aliphatic imine (C=N–C) groups is 1. The van der Waals surface area contributed by atoms with Crippen LogP contribution in [0.3, 0.4) is 0 Å². The zero-order valence-corrected chi connectivity index (χ0v) is 19.6. The fourth-order valence-electron chi connectivity index (χ4n) is 3.74. The first-order valence-corrected chi connectivity index (χ1v) is 9.97. The predicted octanol–water partition coefficient (Wildman–Crippen LogP) is 2.77. The number of hydrogen-bond acceptors (Lipinski definition) is 3. The van der Waals surface area contributed by atoms with Gasteiger partial charge in [-0.1, -0.05) is 19.1 Å². The van der Waals surface area contributed by atoms with Gasteiger partial charge in [0.05, 0.1) is 13.2 Å². The van der Waals surface area contributed by atoms with Gasteiger partial charge in [-0.3, -0.25) is 9.89 Å². The number of nitrogens with one attached hydrogen (secondary N) is 3. The molecule has 1 fully saturated rings. The number of benzene rings is 1. The van der Waals surface area contributed by atoms with Crippen molar-refractivity contribution in [3.63, 3.8) is 0 Å². The lowest BCUT2D eigenvalue weighted by Gasteiger charge is -2.29. The van der Waals surface area contributed by atoms with E-state index in [-0.39, 0.29) is 24.0 Å². The number of halogens is 1. The first kappa shape index (κ1) is 23.0. The first-order chi connectivity index (χ1) is 13.2. The van der Waals surface area contributed by atoms with E-state index < -0.39 is 0 Å². The van der Waals surface area contributed by atoms with Crippen molar-refractivity contribution < 1.29 is 4.74 Å². The lowest BCUT2D eigenvalue weighted by atomic mass is 10.1. The SMILES string of the molecule is CN=C(NCCc1c[nH]c2cccc(C)c12)NCC(C)CN1CCOCC1.I. The molecule has 0 radical (unpaired) electrons. The van der Waals surface area contributed by atoms with Crippen LogP contribution in [0.1, 0.15) is 18.1 Å². The maximum absolute atomic E-state index is 5.42. The minimum atomic E-state index is 0. The fraction of sp³-hybridized carbons (Fsp3) is 0.571. The minimum Gasteiger partial charge on any atom is -0.379 e. The summed E-state index contributed by atoms with van der Waals surface area (Å²) in [5.41, 5.74) is 3.89. The highest BCUT2D eigenvalue weighted by molar-refractivity contribution is 14.0. The van der Waals surface area contributed by atoms with Gasteiger partial charge < -0.3 is 20.4 Å². The van der Waals surface area contributed by atoms with Crippen LogP contribution in [0.15, 0.2) is 29.4 Å². The van der Waals surface area contributed by atoms with Crippen LogP contribution in [0.2, 0.25) is 0 Å². The summed E-state index contributed by atoms with van der Waals surface area (Å²) in [5.74, 6) is 1.44. The highest BCUT2D eigenvalue weighted by Crippen LogP contribution is 2.22. The second-order valence-corrected chi connectivity index (χ2v) is 7.46. The van der Waals surface area contributed by atoms with Gasteiger partial charge in [0.1, 0.15) is 0 Å². The summed E-state index contributed by atoms with van der Waals surface area (Å²) in [5, 5.41) is 8.25. The summed E-state index contributed by atoms with van der Waals surface area (Å²) in [7, 11) is 1.83. The van der Waals surface area contributed by atoms with Crippen LogP contribution >= 0.6 is 24.0 Å². The van der Waals surface area contributed by atoms with Crippen molar-refractivity contribution in [1.82, 2.24) is 20.5 Å². The van der Waals surface area contributed by atoms with Crippen molar-refractivity contribution in [2.75, 3.05) is 53.0 Å². The van der Waals surface area contributed by atoms with Crippen LogP contribution in [0.4, 0.5) is 0 Å². The number of fused-ring (bicyclic) bond motifs is 1. The van der Waals surface area contributed by atoms with E-state index >= 15 is 0 Å². The third kappa shape index (κ3) is 6.35. The molecule has 28 heavy (non-hydrogen) atoms. The topological polar surface area (TPSA) is 64.7 Å². The molecule has 1 atom stereocenters. The quantitative estimate of drug-likeness (QED) is 0.312. The van der Waals surface area contributed by atoms with Gasteiger partial charge in [0.15, 0.2) is 5.96 Å². The summed E-state index contributed by atoms with van der Waals surface area (Å²) in [6.07, 6.45) is 3.09. The van der Waals surface area contributed by atoms with Gasteiger partial charge in [0.2, 0.25) is 0 Å². The molecule has 0 spiro atoms. The van der Waals surface area contributed by atoms with Gasteiger partial charge in [0.25, 0.3) is 0 Å². The largest absolute Gasteiger partial charge is 0.379 e. The monoisotopic (exact) mass is 499 g/mol. The van der Waals surface area contributed by atoms with Crippen molar-refractivity contribution in [2.24, 2.45) is 10.9 Å². The Bertz CT molecular complexity index is 754. The zero-order valence-electron chi connectivity index (χ0n) is 17.3.